The van der Waals surface area contributed by atoms with Crippen LogP contribution >= 0.6 is 46.4 Å². The molecule has 0 aromatic rings. The molecule has 0 bridgehead atoms. The van der Waals surface area contributed by atoms with Crippen LogP contribution in [0.4, 0.5) is 4.79 Å². The van der Waals surface area contributed by atoms with Crippen molar-refractivity contribution in [2.75, 3.05) is 13.7 Å². The number of alkyl carbamates (subject to hydrolysis) is 1. The first-order valence-corrected chi connectivity index (χ1v) is 7.76. The lowest BCUT2D eigenvalue weighted by atomic mass is 9.99. The molecule has 0 saturated carbocycles. The quantitative estimate of drug-likeness (QED) is 0.247. The average molecular weight is 408 g/mol. The number of amides is 2. The molecule has 7 nitrogen and oxygen atoms in total. The lowest BCUT2D eigenvalue weighted by Gasteiger charge is -2.46. The number of rotatable bonds is 5. The number of nitrogens with zero attached hydrogens (tertiary/aromatic N) is 1. The van der Waals surface area contributed by atoms with Gasteiger partial charge in [0, 0.05) is 0 Å². The first-order chi connectivity index (χ1) is 10.5. The zero-order chi connectivity index (χ0) is 17.9. The summed E-state index contributed by atoms with van der Waals surface area (Å²) in [6, 6.07) is -2.11. The highest BCUT2D eigenvalue weighted by Crippen LogP contribution is 2.30. The number of carbonyl (C=O) groups is 3. The van der Waals surface area contributed by atoms with Crippen LogP contribution in [-0.2, 0) is 19.1 Å². The SMILES string of the molecule is C=C(C)C(C(=O)OC)N1C(=O)[C@H](NC(=O)OCC(Cl)(Cl)Cl)[C@H]1Cl. The van der Waals surface area contributed by atoms with E-state index in [2.05, 4.69) is 21.4 Å². The molecule has 1 fully saturated rings. The van der Waals surface area contributed by atoms with Crippen LogP contribution in [0.5, 0.6) is 0 Å². The number of hydrogen-bond acceptors (Lipinski definition) is 5. The van der Waals surface area contributed by atoms with E-state index in [-0.39, 0.29) is 0 Å². The Morgan fingerprint density at radius 1 is 1.43 bits per heavy atom. The summed E-state index contributed by atoms with van der Waals surface area (Å²) >= 11 is 22.4. The smallest absolute Gasteiger partial charge is 0.408 e. The molecule has 2 amide bonds. The lowest BCUT2D eigenvalue weighted by molar-refractivity contribution is -0.160. The van der Waals surface area contributed by atoms with Crippen LogP contribution in [0.15, 0.2) is 12.2 Å². The van der Waals surface area contributed by atoms with Crippen LogP contribution in [0.1, 0.15) is 6.92 Å². The van der Waals surface area contributed by atoms with E-state index in [9.17, 15) is 14.4 Å². The third-order valence-electron chi connectivity index (χ3n) is 2.87. The number of carbonyl (C=O) groups excluding carboxylic acids is 3. The number of halogens is 4. The van der Waals surface area contributed by atoms with Crippen LogP contribution in [0, 0.1) is 0 Å². The fourth-order valence-corrected chi connectivity index (χ4v) is 2.40. The molecule has 1 rings (SSSR count). The van der Waals surface area contributed by atoms with Crippen LogP contribution in [-0.4, -0.2) is 58.0 Å². The molecule has 0 aliphatic carbocycles. The fraction of sp³-hybridized carbons (Fsp3) is 0.583. The van der Waals surface area contributed by atoms with Crippen LogP contribution in [0.2, 0.25) is 0 Å². The van der Waals surface area contributed by atoms with Crippen LogP contribution < -0.4 is 5.32 Å². The molecule has 1 aliphatic rings. The van der Waals surface area contributed by atoms with Gasteiger partial charge in [-0.15, -0.1) is 0 Å². The second-order valence-corrected chi connectivity index (χ2v) is 7.67. The number of esters is 1. The van der Waals surface area contributed by atoms with Gasteiger partial charge in [-0.1, -0.05) is 53.0 Å². The molecule has 0 spiro atoms. The van der Waals surface area contributed by atoms with E-state index in [1.165, 1.54) is 7.11 Å². The summed E-state index contributed by atoms with van der Waals surface area (Å²) in [4.78, 5) is 36.4. The lowest BCUT2D eigenvalue weighted by Crippen LogP contribution is -2.72. The summed E-state index contributed by atoms with van der Waals surface area (Å²) in [6.07, 6.45) is -0.982. The van der Waals surface area contributed by atoms with Gasteiger partial charge in [0.1, 0.15) is 18.1 Å². The predicted molar refractivity (Wildman–Crippen MR) is 85.7 cm³/mol. The molecule has 1 saturated heterocycles. The Labute approximate surface area is 152 Å². The zero-order valence-corrected chi connectivity index (χ0v) is 15.2. The van der Waals surface area contributed by atoms with Crippen molar-refractivity contribution in [2.45, 2.75) is 28.3 Å². The Hall–Kier alpha value is -0.890. The van der Waals surface area contributed by atoms with E-state index in [0.717, 1.165) is 4.90 Å². The van der Waals surface area contributed by atoms with Crippen LogP contribution in [0.3, 0.4) is 0 Å². The topological polar surface area (TPSA) is 84.9 Å². The third-order valence-corrected chi connectivity index (χ3v) is 3.66. The van der Waals surface area contributed by atoms with Gasteiger partial charge in [-0.25, -0.2) is 9.59 Å². The molecule has 1 unspecified atom stereocenters. The second kappa shape index (κ2) is 7.79. The number of β-lactam (4-membered cyclic amide) rings is 1. The number of ether oxygens (including phenoxy) is 2. The highest BCUT2D eigenvalue weighted by molar-refractivity contribution is 6.67. The van der Waals surface area contributed by atoms with Crippen LogP contribution in [0.25, 0.3) is 0 Å². The fourth-order valence-electron chi connectivity index (χ4n) is 1.86. The number of hydrogen-bond donors (Lipinski definition) is 1. The van der Waals surface area contributed by atoms with Gasteiger partial charge >= 0.3 is 12.1 Å². The van der Waals surface area contributed by atoms with Crippen molar-refractivity contribution < 1.29 is 23.9 Å². The Bertz CT molecular complexity index is 522. The van der Waals surface area contributed by atoms with Gasteiger partial charge in [0.15, 0.2) is 6.04 Å². The van der Waals surface area contributed by atoms with E-state index >= 15 is 0 Å². The van der Waals surface area contributed by atoms with Crippen molar-refractivity contribution in [3.63, 3.8) is 0 Å². The molecule has 23 heavy (non-hydrogen) atoms. The van der Waals surface area contributed by atoms with Crippen molar-refractivity contribution in [2.24, 2.45) is 0 Å². The Morgan fingerprint density at radius 3 is 2.39 bits per heavy atom. The van der Waals surface area contributed by atoms with Gasteiger partial charge in [0.2, 0.25) is 3.79 Å². The molecule has 0 aromatic heterocycles. The minimum absolute atomic E-state index is 0.369. The predicted octanol–water partition coefficient (Wildman–Crippen LogP) is 1.98. The Kier molecular flexibility index (Phi) is 6.82. The molecule has 11 heteroatoms. The number of alkyl halides is 4. The summed E-state index contributed by atoms with van der Waals surface area (Å²) < 4.78 is 7.47. The largest absolute Gasteiger partial charge is 0.467 e. The first-order valence-electron chi connectivity index (χ1n) is 6.19. The molecule has 1 N–H and O–H groups in total. The van der Waals surface area contributed by atoms with E-state index in [4.69, 9.17) is 46.4 Å². The van der Waals surface area contributed by atoms with Gasteiger partial charge in [0.05, 0.1) is 7.11 Å². The summed E-state index contributed by atoms with van der Waals surface area (Å²) in [7, 11) is 1.18. The summed E-state index contributed by atoms with van der Waals surface area (Å²) in [5.41, 5.74) is -0.614. The maximum atomic E-state index is 12.1. The van der Waals surface area contributed by atoms with Crippen molar-refractivity contribution in [3.05, 3.63) is 12.2 Å². The minimum atomic E-state index is -1.77. The van der Waals surface area contributed by atoms with Crippen molar-refractivity contribution >= 4 is 64.4 Å². The Morgan fingerprint density at radius 2 is 2.00 bits per heavy atom. The normalized spacial score (nSPS) is 22.0. The van der Waals surface area contributed by atoms with Gasteiger partial charge in [-0.05, 0) is 12.5 Å². The number of nitrogens with one attached hydrogen (secondary N) is 1. The van der Waals surface area contributed by atoms with Crippen molar-refractivity contribution in [3.8, 4) is 0 Å². The maximum absolute atomic E-state index is 12.1. The molecule has 1 aliphatic heterocycles. The molecular weight excluding hydrogens is 394 g/mol. The van der Waals surface area contributed by atoms with Gasteiger partial charge in [0.25, 0.3) is 5.91 Å². The summed E-state index contributed by atoms with van der Waals surface area (Å²) in [5.74, 6) is -1.28. The molecule has 0 aromatic carbocycles. The minimum Gasteiger partial charge on any atom is -0.467 e. The van der Waals surface area contributed by atoms with Gasteiger partial charge in [-0.2, -0.15) is 0 Å². The van der Waals surface area contributed by atoms with Gasteiger partial charge in [-0.3, -0.25) is 4.79 Å². The zero-order valence-electron chi connectivity index (χ0n) is 12.1. The molecule has 3 atom stereocenters. The third kappa shape index (κ3) is 5.04. The summed E-state index contributed by atoms with van der Waals surface area (Å²) in [5, 5.41) is 2.23. The van der Waals surface area contributed by atoms with E-state index < -0.39 is 46.0 Å². The maximum Gasteiger partial charge on any atom is 0.408 e. The van der Waals surface area contributed by atoms with Gasteiger partial charge < -0.3 is 19.7 Å². The second-order valence-electron chi connectivity index (χ2n) is 4.70. The Balaban J connectivity index is 2.67. The van der Waals surface area contributed by atoms with E-state index in [1.54, 1.807) is 6.92 Å². The monoisotopic (exact) mass is 406 g/mol. The molecule has 0 radical (unpaired) electrons. The molecule has 1 heterocycles. The number of likely N-dealkylation sites (tertiary alicyclic amines) is 1. The van der Waals surface area contributed by atoms with E-state index in [0.29, 0.717) is 5.57 Å². The van der Waals surface area contributed by atoms with Crippen molar-refractivity contribution in [1.29, 1.82) is 0 Å². The molecule has 130 valence electrons. The summed E-state index contributed by atoms with van der Waals surface area (Å²) in [6.45, 7) is 4.68. The standard InChI is InChI=1S/C12H14Cl4N2O5/c1-5(2)7(10(20)22-3)18-8(13)6(9(18)19)17-11(21)23-4-12(14,15)16/h6-8H,1,4H2,2-3H3,(H,17,21)/t6-,7?,8+/m1/s1. The average Bonchev–Trinajstić information content (AvgIpc) is 2.45. The highest BCUT2D eigenvalue weighted by Gasteiger charge is 2.53. The number of methoxy groups -OCH3 is 1. The molecular formula is C12H14Cl4N2O5. The van der Waals surface area contributed by atoms with E-state index in [1.807, 2.05) is 0 Å². The highest BCUT2D eigenvalue weighted by atomic mass is 35.6. The van der Waals surface area contributed by atoms with Crippen molar-refractivity contribution in [1.82, 2.24) is 10.2 Å². The first kappa shape index (κ1) is 20.2.